The van der Waals surface area contributed by atoms with Crippen LogP contribution in [0.3, 0.4) is 0 Å². The molecule has 23 heavy (non-hydrogen) atoms. The second kappa shape index (κ2) is 7.13. The van der Waals surface area contributed by atoms with Gasteiger partial charge in [-0.1, -0.05) is 0 Å². The van der Waals surface area contributed by atoms with Gasteiger partial charge in [0.2, 0.25) is 5.91 Å². The van der Waals surface area contributed by atoms with Crippen LogP contribution in [-0.4, -0.2) is 24.0 Å². The summed E-state index contributed by atoms with van der Waals surface area (Å²) >= 11 is 0. The molecular weight excluding hydrogens is 288 g/mol. The van der Waals surface area contributed by atoms with Gasteiger partial charge < -0.3 is 15.5 Å². The third-order valence-electron chi connectivity index (χ3n) is 3.94. The molecule has 3 rings (SSSR count). The Morgan fingerprint density at radius 2 is 1.70 bits per heavy atom. The molecule has 0 spiro atoms. The molecule has 1 fully saturated rings. The van der Waals surface area contributed by atoms with Crippen LogP contribution in [0.4, 0.5) is 22.9 Å². The van der Waals surface area contributed by atoms with Gasteiger partial charge in [0.15, 0.2) is 0 Å². The highest BCUT2D eigenvalue weighted by molar-refractivity contribution is 5.87. The summed E-state index contributed by atoms with van der Waals surface area (Å²) in [6.07, 6.45) is 5.63. The van der Waals surface area contributed by atoms with Crippen LogP contribution >= 0.6 is 0 Å². The fourth-order valence-corrected chi connectivity index (χ4v) is 2.80. The number of carbonyl (C=O) groups is 1. The van der Waals surface area contributed by atoms with Crippen molar-refractivity contribution < 1.29 is 4.79 Å². The number of hydrogen-bond acceptors (Lipinski definition) is 4. The number of anilines is 4. The van der Waals surface area contributed by atoms with E-state index in [0.717, 1.165) is 24.5 Å². The number of amides is 1. The normalized spacial score (nSPS) is 14.4. The summed E-state index contributed by atoms with van der Waals surface area (Å²) in [6, 6.07) is 12.2. The second-order valence-corrected chi connectivity index (χ2v) is 5.83. The van der Waals surface area contributed by atoms with E-state index in [9.17, 15) is 4.79 Å². The lowest BCUT2D eigenvalue weighted by Gasteiger charge is -2.28. The number of rotatable bonds is 4. The summed E-state index contributed by atoms with van der Waals surface area (Å²) in [7, 11) is 0. The first kappa shape index (κ1) is 15.3. The first-order valence-electron chi connectivity index (χ1n) is 8.06. The van der Waals surface area contributed by atoms with Crippen molar-refractivity contribution in [2.75, 3.05) is 28.6 Å². The van der Waals surface area contributed by atoms with E-state index in [4.69, 9.17) is 0 Å². The third-order valence-corrected chi connectivity index (χ3v) is 3.94. The summed E-state index contributed by atoms with van der Waals surface area (Å²) in [5.74, 6) is 0.440. The number of benzene rings is 1. The fraction of sp³-hybridized carbons (Fsp3) is 0.333. The number of carbonyl (C=O) groups excluding carboxylic acids is 1. The number of pyridine rings is 1. The van der Waals surface area contributed by atoms with Crippen LogP contribution in [0.2, 0.25) is 0 Å². The summed E-state index contributed by atoms with van der Waals surface area (Å²) in [5, 5.41) is 5.98. The molecule has 2 aromatic rings. The zero-order valence-electron chi connectivity index (χ0n) is 13.4. The predicted molar refractivity (Wildman–Crippen MR) is 94.3 cm³/mol. The molecule has 0 bridgehead atoms. The first-order valence-corrected chi connectivity index (χ1v) is 8.06. The molecule has 1 saturated heterocycles. The highest BCUT2D eigenvalue weighted by Gasteiger charge is 2.10. The maximum atomic E-state index is 11.0. The smallest absolute Gasteiger partial charge is 0.222 e. The van der Waals surface area contributed by atoms with Crippen LogP contribution in [0.25, 0.3) is 0 Å². The van der Waals surface area contributed by atoms with E-state index in [0.29, 0.717) is 5.82 Å². The van der Waals surface area contributed by atoms with Crippen molar-refractivity contribution in [3.05, 3.63) is 42.6 Å². The quantitative estimate of drug-likeness (QED) is 0.902. The van der Waals surface area contributed by atoms with Crippen LogP contribution in [0, 0.1) is 0 Å². The largest absolute Gasteiger partial charge is 0.372 e. The molecular formula is C18H22N4O. The lowest BCUT2D eigenvalue weighted by molar-refractivity contribution is -0.114. The van der Waals surface area contributed by atoms with Gasteiger partial charge in [-0.05, 0) is 55.7 Å². The molecule has 5 heteroatoms. The minimum Gasteiger partial charge on any atom is -0.372 e. The SMILES string of the molecule is CC(=O)Nc1ccc(Nc2ccc(N3CCCCC3)cc2)cn1. The monoisotopic (exact) mass is 310 g/mol. The molecule has 1 aromatic heterocycles. The molecule has 0 aliphatic carbocycles. The van der Waals surface area contributed by atoms with Crippen LogP contribution in [-0.2, 0) is 4.79 Å². The van der Waals surface area contributed by atoms with Gasteiger partial charge in [-0.25, -0.2) is 4.98 Å². The molecule has 2 N–H and O–H groups in total. The average Bonchev–Trinajstić information content (AvgIpc) is 2.58. The third kappa shape index (κ3) is 4.22. The molecule has 0 saturated carbocycles. The summed E-state index contributed by atoms with van der Waals surface area (Å²) in [6.45, 7) is 3.78. The van der Waals surface area contributed by atoms with Gasteiger partial charge in [0, 0.05) is 31.4 Å². The zero-order chi connectivity index (χ0) is 16.1. The Hall–Kier alpha value is -2.56. The van der Waals surface area contributed by atoms with Crippen molar-refractivity contribution >= 4 is 28.8 Å². The minimum absolute atomic E-state index is 0.119. The molecule has 0 atom stereocenters. The van der Waals surface area contributed by atoms with Gasteiger partial charge in [0.05, 0.1) is 11.9 Å². The van der Waals surface area contributed by atoms with Gasteiger partial charge in [-0.15, -0.1) is 0 Å². The van der Waals surface area contributed by atoms with Crippen molar-refractivity contribution in [2.45, 2.75) is 26.2 Å². The second-order valence-electron chi connectivity index (χ2n) is 5.83. The van der Waals surface area contributed by atoms with E-state index in [1.54, 1.807) is 12.3 Å². The molecule has 1 amide bonds. The van der Waals surface area contributed by atoms with Gasteiger partial charge in [0.25, 0.3) is 0 Å². The van der Waals surface area contributed by atoms with E-state index in [1.807, 2.05) is 6.07 Å². The van der Waals surface area contributed by atoms with Crippen LogP contribution < -0.4 is 15.5 Å². The molecule has 2 heterocycles. The Morgan fingerprint density at radius 3 is 2.30 bits per heavy atom. The summed E-state index contributed by atoms with van der Waals surface area (Å²) < 4.78 is 0. The molecule has 5 nitrogen and oxygen atoms in total. The van der Waals surface area contributed by atoms with Crippen molar-refractivity contribution in [1.82, 2.24) is 4.98 Å². The lowest BCUT2D eigenvalue weighted by Crippen LogP contribution is -2.29. The molecule has 120 valence electrons. The molecule has 1 aliphatic heterocycles. The van der Waals surface area contributed by atoms with Gasteiger partial charge in [-0.2, -0.15) is 0 Å². The topological polar surface area (TPSA) is 57.3 Å². The van der Waals surface area contributed by atoms with E-state index in [2.05, 4.69) is 44.8 Å². The Bertz CT molecular complexity index is 646. The summed E-state index contributed by atoms with van der Waals surface area (Å²) in [5.41, 5.74) is 3.21. The van der Waals surface area contributed by atoms with Crippen LogP contribution in [0.15, 0.2) is 42.6 Å². The number of nitrogens with zero attached hydrogens (tertiary/aromatic N) is 2. The van der Waals surface area contributed by atoms with E-state index >= 15 is 0 Å². The first-order chi connectivity index (χ1) is 11.2. The van der Waals surface area contributed by atoms with Gasteiger partial charge in [0.1, 0.15) is 5.82 Å². The Morgan fingerprint density at radius 1 is 1.00 bits per heavy atom. The van der Waals surface area contributed by atoms with Crippen molar-refractivity contribution in [3.8, 4) is 0 Å². The van der Waals surface area contributed by atoms with E-state index in [1.165, 1.54) is 31.9 Å². The molecule has 1 aliphatic rings. The van der Waals surface area contributed by atoms with Gasteiger partial charge >= 0.3 is 0 Å². The number of hydrogen-bond donors (Lipinski definition) is 2. The fourth-order valence-electron chi connectivity index (χ4n) is 2.80. The van der Waals surface area contributed by atoms with Crippen molar-refractivity contribution in [3.63, 3.8) is 0 Å². The highest BCUT2D eigenvalue weighted by Crippen LogP contribution is 2.23. The lowest BCUT2D eigenvalue weighted by atomic mass is 10.1. The highest BCUT2D eigenvalue weighted by atomic mass is 16.1. The van der Waals surface area contributed by atoms with Crippen molar-refractivity contribution in [2.24, 2.45) is 0 Å². The molecule has 0 unspecified atom stereocenters. The molecule has 0 radical (unpaired) electrons. The number of aromatic nitrogens is 1. The molecule has 1 aromatic carbocycles. The van der Waals surface area contributed by atoms with Crippen molar-refractivity contribution in [1.29, 1.82) is 0 Å². The van der Waals surface area contributed by atoms with Gasteiger partial charge in [-0.3, -0.25) is 4.79 Å². The number of nitrogens with one attached hydrogen (secondary N) is 2. The van der Waals surface area contributed by atoms with Crippen LogP contribution in [0.1, 0.15) is 26.2 Å². The van der Waals surface area contributed by atoms with E-state index < -0.39 is 0 Å². The predicted octanol–water partition coefficient (Wildman–Crippen LogP) is 3.77. The average molecular weight is 310 g/mol. The maximum absolute atomic E-state index is 11.0. The Labute approximate surface area is 136 Å². The van der Waals surface area contributed by atoms with E-state index in [-0.39, 0.29) is 5.91 Å². The standard InChI is InChI=1S/C18H22N4O/c1-14(23)20-18-10-7-16(13-19-18)21-15-5-8-17(9-6-15)22-11-3-2-4-12-22/h5-10,13,21H,2-4,11-12H2,1H3,(H,19,20,23). The summed E-state index contributed by atoms with van der Waals surface area (Å²) in [4.78, 5) is 17.6. The maximum Gasteiger partial charge on any atom is 0.222 e. The van der Waals surface area contributed by atoms with Crippen LogP contribution in [0.5, 0.6) is 0 Å². The number of piperidine rings is 1. The zero-order valence-corrected chi connectivity index (χ0v) is 13.4. The Kier molecular flexibility index (Phi) is 4.76. The Balaban J connectivity index is 1.62. The minimum atomic E-state index is -0.119.